The topological polar surface area (TPSA) is 83.7 Å². The van der Waals surface area contributed by atoms with Crippen LogP contribution in [0, 0.1) is 6.92 Å². The first-order chi connectivity index (χ1) is 13.5. The van der Waals surface area contributed by atoms with Crippen molar-refractivity contribution in [2.45, 2.75) is 26.9 Å². The second kappa shape index (κ2) is 9.03. The molecule has 0 fully saturated rings. The number of carbonyl (C=O) groups excluding carboxylic acids is 1. The average molecular weight is 382 g/mol. The predicted molar refractivity (Wildman–Crippen MR) is 102 cm³/mol. The Bertz CT molecular complexity index is 903. The smallest absolute Gasteiger partial charge is 0.344 e. The number of benzene rings is 2. The SMILES string of the molecule is CCOc1ccc(OCC(=O)O[C@@H](C)c2nnc(-c3ccc(C)cc3)o2)cc1. The summed E-state index contributed by atoms with van der Waals surface area (Å²) in [6, 6.07) is 14.7. The van der Waals surface area contributed by atoms with Crippen LogP contribution >= 0.6 is 0 Å². The lowest BCUT2D eigenvalue weighted by molar-refractivity contribution is -0.152. The Morgan fingerprint density at radius 3 is 2.29 bits per heavy atom. The van der Waals surface area contributed by atoms with E-state index >= 15 is 0 Å². The normalized spacial score (nSPS) is 11.7. The minimum absolute atomic E-state index is 0.225. The summed E-state index contributed by atoms with van der Waals surface area (Å²) < 4.78 is 21.7. The van der Waals surface area contributed by atoms with Gasteiger partial charge in [0.25, 0.3) is 5.89 Å². The van der Waals surface area contributed by atoms with E-state index in [1.54, 1.807) is 31.2 Å². The summed E-state index contributed by atoms with van der Waals surface area (Å²) in [6.07, 6.45) is -0.678. The van der Waals surface area contributed by atoms with E-state index in [1.165, 1.54) is 0 Å². The van der Waals surface area contributed by atoms with Crippen LogP contribution < -0.4 is 9.47 Å². The molecule has 146 valence electrons. The Hall–Kier alpha value is -3.35. The Morgan fingerprint density at radius 1 is 1.00 bits per heavy atom. The molecule has 0 unspecified atom stereocenters. The molecule has 0 aliphatic rings. The molecule has 1 heterocycles. The van der Waals surface area contributed by atoms with Gasteiger partial charge in [-0.05, 0) is 57.2 Å². The highest BCUT2D eigenvalue weighted by molar-refractivity contribution is 5.71. The van der Waals surface area contributed by atoms with E-state index in [0.717, 1.165) is 16.9 Å². The highest BCUT2D eigenvalue weighted by atomic mass is 16.6. The van der Waals surface area contributed by atoms with Crippen molar-refractivity contribution < 1.29 is 23.4 Å². The number of rotatable bonds is 8. The average Bonchev–Trinajstić information content (AvgIpc) is 3.19. The standard InChI is InChI=1S/C21H22N2O5/c1-4-25-17-9-11-18(12-10-17)26-13-19(24)27-15(3)20-22-23-21(28-20)16-7-5-14(2)6-8-16/h5-12,15H,4,13H2,1-3H3/t15-/m0/s1. The second-order valence-corrected chi connectivity index (χ2v) is 6.14. The largest absolute Gasteiger partial charge is 0.494 e. The summed E-state index contributed by atoms with van der Waals surface area (Å²) in [6.45, 7) is 5.94. The zero-order valence-corrected chi connectivity index (χ0v) is 16.0. The molecule has 3 rings (SSSR count). The molecule has 3 aromatic rings. The van der Waals surface area contributed by atoms with Crippen LogP contribution in [0.2, 0.25) is 0 Å². The third-order valence-electron chi connectivity index (χ3n) is 3.89. The molecular formula is C21H22N2O5. The third kappa shape index (κ3) is 5.09. The maximum atomic E-state index is 12.0. The number of nitrogens with zero attached hydrogens (tertiary/aromatic N) is 2. The summed E-state index contributed by atoms with van der Waals surface area (Å²) >= 11 is 0. The molecule has 1 aromatic heterocycles. The molecule has 2 aromatic carbocycles. The van der Waals surface area contributed by atoms with Crippen molar-refractivity contribution >= 4 is 5.97 Å². The maximum absolute atomic E-state index is 12.0. The first-order valence-electron chi connectivity index (χ1n) is 9.00. The molecule has 7 nitrogen and oxygen atoms in total. The summed E-state index contributed by atoms with van der Waals surface area (Å²) in [5.74, 6) is 1.37. The lowest BCUT2D eigenvalue weighted by Crippen LogP contribution is -2.17. The molecule has 0 bridgehead atoms. The molecule has 7 heteroatoms. The van der Waals surface area contributed by atoms with Gasteiger partial charge in [-0.1, -0.05) is 17.7 Å². The van der Waals surface area contributed by atoms with Crippen molar-refractivity contribution in [1.29, 1.82) is 0 Å². The number of carbonyl (C=O) groups is 1. The Balaban J connectivity index is 1.52. The summed E-state index contributed by atoms with van der Waals surface area (Å²) in [5.41, 5.74) is 1.94. The van der Waals surface area contributed by atoms with Crippen LogP contribution in [-0.2, 0) is 9.53 Å². The molecule has 0 amide bonds. The van der Waals surface area contributed by atoms with Crippen molar-refractivity contribution in [2.24, 2.45) is 0 Å². The molecule has 0 aliphatic heterocycles. The van der Waals surface area contributed by atoms with E-state index in [-0.39, 0.29) is 12.5 Å². The van der Waals surface area contributed by atoms with Gasteiger partial charge in [0.2, 0.25) is 5.89 Å². The number of ether oxygens (including phenoxy) is 3. The number of aryl methyl sites for hydroxylation is 1. The van der Waals surface area contributed by atoms with Crippen LogP contribution in [0.4, 0.5) is 0 Å². The van der Waals surface area contributed by atoms with E-state index in [9.17, 15) is 4.79 Å². The fourth-order valence-electron chi connectivity index (χ4n) is 2.43. The van der Waals surface area contributed by atoms with Crippen molar-refractivity contribution in [1.82, 2.24) is 10.2 Å². The summed E-state index contributed by atoms with van der Waals surface area (Å²) in [4.78, 5) is 12.0. The fourth-order valence-corrected chi connectivity index (χ4v) is 2.43. The third-order valence-corrected chi connectivity index (χ3v) is 3.89. The van der Waals surface area contributed by atoms with Gasteiger partial charge in [-0.15, -0.1) is 10.2 Å². The number of hydrogen-bond acceptors (Lipinski definition) is 7. The number of hydrogen-bond donors (Lipinski definition) is 0. The molecular weight excluding hydrogens is 360 g/mol. The van der Waals surface area contributed by atoms with Crippen LogP contribution in [0.1, 0.15) is 31.4 Å². The van der Waals surface area contributed by atoms with E-state index in [4.69, 9.17) is 18.6 Å². The molecule has 0 spiro atoms. The van der Waals surface area contributed by atoms with Crippen molar-refractivity contribution in [2.75, 3.05) is 13.2 Å². The van der Waals surface area contributed by atoms with Crippen LogP contribution in [0.3, 0.4) is 0 Å². The quantitative estimate of drug-likeness (QED) is 0.542. The van der Waals surface area contributed by atoms with Gasteiger partial charge in [0.15, 0.2) is 12.7 Å². The first-order valence-corrected chi connectivity index (χ1v) is 9.00. The molecule has 0 radical (unpaired) electrons. The van der Waals surface area contributed by atoms with Gasteiger partial charge < -0.3 is 18.6 Å². The summed E-state index contributed by atoms with van der Waals surface area (Å²) in [7, 11) is 0. The van der Waals surface area contributed by atoms with Crippen LogP contribution in [-0.4, -0.2) is 29.4 Å². The van der Waals surface area contributed by atoms with Gasteiger partial charge in [0, 0.05) is 5.56 Å². The zero-order chi connectivity index (χ0) is 19.9. The monoisotopic (exact) mass is 382 g/mol. The second-order valence-electron chi connectivity index (χ2n) is 6.14. The highest BCUT2D eigenvalue weighted by Gasteiger charge is 2.19. The lowest BCUT2D eigenvalue weighted by atomic mass is 10.1. The van der Waals surface area contributed by atoms with Gasteiger partial charge in [-0.25, -0.2) is 4.79 Å². The predicted octanol–water partition coefficient (Wildman–Crippen LogP) is 4.13. The van der Waals surface area contributed by atoms with E-state index in [1.807, 2.05) is 38.1 Å². The molecule has 1 atom stereocenters. The molecule has 0 N–H and O–H groups in total. The number of aromatic nitrogens is 2. The Morgan fingerprint density at radius 2 is 1.64 bits per heavy atom. The fraction of sp³-hybridized carbons (Fsp3) is 0.286. The summed E-state index contributed by atoms with van der Waals surface area (Å²) in [5, 5.41) is 7.98. The van der Waals surface area contributed by atoms with Gasteiger partial charge in [-0.3, -0.25) is 0 Å². The van der Waals surface area contributed by atoms with Gasteiger partial charge in [-0.2, -0.15) is 0 Å². The molecule has 0 saturated carbocycles. The minimum Gasteiger partial charge on any atom is -0.494 e. The van der Waals surface area contributed by atoms with Crippen molar-refractivity contribution in [3.8, 4) is 23.0 Å². The van der Waals surface area contributed by atoms with Crippen molar-refractivity contribution in [3.63, 3.8) is 0 Å². The lowest BCUT2D eigenvalue weighted by Gasteiger charge is -2.10. The minimum atomic E-state index is -0.678. The number of esters is 1. The highest BCUT2D eigenvalue weighted by Crippen LogP contribution is 2.23. The Kier molecular flexibility index (Phi) is 6.26. The molecule has 0 saturated heterocycles. The zero-order valence-electron chi connectivity index (χ0n) is 16.0. The van der Waals surface area contributed by atoms with Crippen molar-refractivity contribution in [3.05, 3.63) is 60.0 Å². The first kappa shape index (κ1) is 19.4. The van der Waals surface area contributed by atoms with E-state index < -0.39 is 12.1 Å². The van der Waals surface area contributed by atoms with E-state index in [2.05, 4.69) is 10.2 Å². The van der Waals surface area contributed by atoms with Gasteiger partial charge in [0.1, 0.15) is 11.5 Å². The van der Waals surface area contributed by atoms with Crippen LogP contribution in [0.25, 0.3) is 11.5 Å². The molecule has 28 heavy (non-hydrogen) atoms. The van der Waals surface area contributed by atoms with E-state index in [0.29, 0.717) is 18.2 Å². The Labute approximate surface area is 163 Å². The van der Waals surface area contributed by atoms with Crippen LogP contribution in [0.5, 0.6) is 11.5 Å². The van der Waals surface area contributed by atoms with Gasteiger partial charge >= 0.3 is 5.97 Å². The van der Waals surface area contributed by atoms with Gasteiger partial charge in [0.05, 0.1) is 6.61 Å². The molecule has 0 aliphatic carbocycles. The maximum Gasteiger partial charge on any atom is 0.344 e. The van der Waals surface area contributed by atoms with Crippen LogP contribution in [0.15, 0.2) is 52.9 Å².